The smallest absolute Gasteiger partial charge is 0.495 e. The Morgan fingerprint density at radius 2 is 1.50 bits per heavy atom. The molecule has 1 aromatic rings. The Bertz CT molecular complexity index is 464. The number of benzene rings is 1. The van der Waals surface area contributed by atoms with Crippen molar-refractivity contribution in [2.45, 2.75) is 52.7 Å². The highest BCUT2D eigenvalue weighted by Crippen LogP contribution is 2.37. The summed E-state index contributed by atoms with van der Waals surface area (Å²) in [5, 5.41) is 9.83. The quantitative estimate of drug-likeness (QED) is 0.775. The van der Waals surface area contributed by atoms with Crippen LogP contribution in [0.2, 0.25) is 0 Å². The molecule has 0 amide bonds. The average Bonchev–Trinajstić information content (AvgIpc) is 2.43. The van der Waals surface area contributed by atoms with Crippen molar-refractivity contribution in [3.8, 4) is 5.75 Å². The van der Waals surface area contributed by atoms with Gasteiger partial charge in [-0.3, -0.25) is 0 Å². The van der Waals surface area contributed by atoms with Gasteiger partial charge in [0.25, 0.3) is 0 Å². The molecule has 1 N–H and O–H groups in total. The highest BCUT2D eigenvalue weighted by molar-refractivity contribution is 6.63. The monoisotopic (exact) mass is 248 g/mol. The number of hydrogen-bond donors (Lipinski definition) is 1. The van der Waals surface area contributed by atoms with Crippen LogP contribution >= 0.6 is 0 Å². The molecule has 2 rings (SSSR count). The van der Waals surface area contributed by atoms with Gasteiger partial charge in [-0.25, -0.2) is 0 Å². The topological polar surface area (TPSA) is 38.7 Å². The van der Waals surface area contributed by atoms with E-state index >= 15 is 0 Å². The predicted octanol–water partition coefficient (Wildman–Crippen LogP) is 2.31. The molecule has 0 atom stereocenters. The first-order valence-corrected chi connectivity index (χ1v) is 6.30. The molecule has 1 aliphatic heterocycles. The summed E-state index contributed by atoms with van der Waals surface area (Å²) in [7, 11) is -0.415. The predicted molar refractivity (Wildman–Crippen MR) is 73.3 cm³/mol. The molecule has 0 radical (unpaired) electrons. The van der Waals surface area contributed by atoms with Crippen molar-refractivity contribution < 1.29 is 14.4 Å². The van der Waals surface area contributed by atoms with Crippen molar-refractivity contribution >= 4 is 12.6 Å². The first kappa shape index (κ1) is 13.4. The van der Waals surface area contributed by atoms with E-state index < -0.39 is 7.12 Å². The van der Waals surface area contributed by atoms with Gasteiger partial charge in [-0.2, -0.15) is 0 Å². The van der Waals surface area contributed by atoms with Crippen LogP contribution in [0.25, 0.3) is 0 Å². The zero-order valence-corrected chi connectivity index (χ0v) is 12.0. The van der Waals surface area contributed by atoms with Crippen LogP contribution in [-0.4, -0.2) is 23.4 Å². The molecule has 98 valence electrons. The summed E-state index contributed by atoms with van der Waals surface area (Å²) >= 11 is 0. The van der Waals surface area contributed by atoms with E-state index in [2.05, 4.69) is 0 Å². The molecular weight excluding hydrogens is 227 g/mol. The third kappa shape index (κ3) is 1.93. The molecule has 1 fully saturated rings. The highest BCUT2D eigenvalue weighted by Gasteiger charge is 2.52. The molecular formula is C14H21BO3. The zero-order chi connectivity index (χ0) is 13.7. The van der Waals surface area contributed by atoms with E-state index in [9.17, 15) is 5.11 Å². The Hall–Kier alpha value is -0.995. The average molecular weight is 248 g/mol. The van der Waals surface area contributed by atoms with Gasteiger partial charge in [0, 0.05) is 0 Å². The van der Waals surface area contributed by atoms with Crippen molar-refractivity contribution in [2.75, 3.05) is 0 Å². The Morgan fingerprint density at radius 1 is 1.00 bits per heavy atom. The highest BCUT2D eigenvalue weighted by atomic mass is 16.7. The van der Waals surface area contributed by atoms with E-state index in [1.54, 1.807) is 6.07 Å². The first-order valence-electron chi connectivity index (χ1n) is 6.30. The lowest BCUT2D eigenvalue weighted by Crippen LogP contribution is -2.41. The maximum absolute atomic E-state index is 9.83. The van der Waals surface area contributed by atoms with E-state index in [0.29, 0.717) is 0 Å². The largest absolute Gasteiger partial charge is 0.508 e. The van der Waals surface area contributed by atoms with Gasteiger partial charge in [-0.15, -0.1) is 0 Å². The Balaban J connectivity index is 2.44. The first-order chi connectivity index (χ1) is 8.16. The minimum atomic E-state index is -0.415. The Kier molecular flexibility index (Phi) is 2.99. The van der Waals surface area contributed by atoms with Crippen LogP contribution in [0.15, 0.2) is 12.1 Å². The maximum Gasteiger partial charge on any atom is 0.495 e. The number of hydrogen-bond acceptors (Lipinski definition) is 3. The fourth-order valence-electron chi connectivity index (χ4n) is 2.18. The maximum atomic E-state index is 9.83. The van der Waals surface area contributed by atoms with Crippen molar-refractivity contribution in [3.63, 3.8) is 0 Å². The Labute approximate surface area is 109 Å². The summed E-state index contributed by atoms with van der Waals surface area (Å²) in [6.45, 7) is 12.0. The van der Waals surface area contributed by atoms with E-state index in [1.807, 2.05) is 47.6 Å². The second kappa shape index (κ2) is 4.00. The molecule has 0 saturated carbocycles. The van der Waals surface area contributed by atoms with Gasteiger partial charge in [-0.05, 0) is 58.6 Å². The summed E-state index contributed by atoms with van der Waals surface area (Å²) in [5.41, 5.74) is 2.12. The van der Waals surface area contributed by atoms with Crippen LogP contribution in [0.1, 0.15) is 38.8 Å². The zero-order valence-electron chi connectivity index (χ0n) is 12.0. The van der Waals surface area contributed by atoms with E-state index in [-0.39, 0.29) is 17.0 Å². The summed E-state index contributed by atoms with van der Waals surface area (Å²) in [6, 6.07) is 3.60. The van der Waals surface area contributed by atoms with Crippen molar-refractivity contribution in [1.29, 1.82) is 0 Å². The van der Waals surface area contributed by atoms with Gasteiger partial charge in [0.15, 0.2) is 0 Å². The molecule has 0 aliphatic carbocycles. The number of phenolic OH excluding ortho intramolecular Hbond substituents is 1. The van der Waals surface area contributed by atoms with Crippen LogP contribution < -0.4 is 5.46 Å². The molecule has 1 saturated heterocycles. The van der Waals surface area contributed by atoms with Crippen LogP contribution in [0, 0.1) is 13.8 Å². The number of aryl methyl sites for hydroxylation is 1. The van der Waals surface area contributed by atoms with Gasteiger partial charge >= 0.3 is 7.12 Å². The van der Waals surface area contributed by atoms with Crippen molar-refractivity contribution in [1.82, 2.24) is 0 Å². The second-order valence-corrected chi connectivity index (χ2v) is 6.03. The lowest BCUT2D eigenvalue weighted by atomic mass is 9.73. The molecule has 4 heteroatoms. The summed E-state index contributed by atoms with van der Waals surface area (Å²) < 4.78 is 12.1. The fourth-order valence-corrected chi connectivity index (χ4v) is 2.18. The SMILES string of the molecule is Cc1ccc(O)c(C)c1B1OC(C)(C)C(C)(C)O1. The third-order valence-corrected chi connectivity index (χ3v) is 4.19. The van der Waals surface area contributed by atoms with E-state index in [0.717, 1.165) is 16.6 Å². The lowest BCUT2D eigenvalue weighted by Gasteiger charge is -2.32. The number of aromatic hydroxyl groups is 1. The van der Waals surface area contributed by atoms with Crippen molar-refractivity contribution in [3.05, 3.63) is 23.3 Å². The van der Waals surface area contributed by atoms with E-state index in [1.165, 1.54) is 0 Å². The molecule has 0 spiro atoms. The molecule has 1 aliphatic rings. The normalized spacial score (nSPS) is 21.3. The van der Waals surface area contributed by atoms with Gasteiger partial charge in [0.05, 0.1) is 11.2 Å². The molecule has 0 bridgehead atoms. The molecule has 0 unspecified atom stereocenters. The van der Waals surface area contributed by atoms with E-state index in [4.69, 9.17) is 9.31 Å². The number of rotatable bonds is 1. The van der Waals surface area contributed by atoms with Gasteiger partial charge in [0.1, 0.15) is 5.75 Å². The molecule has 0 aromatic heterocycles. The fraction of sp³-hybridized carbons (Fsp3) is 0.571. The molecule has 18 heavy (non-hydrogen) atoms. The van der Waals surface area contributed by atoms with Crippen molar-refractivity contribution in [2.24, 2.45) is 0 Å². The standard InChI is InChI=1S/C14H21BO3/c1-9-7-8-11(16)10(2)12(9)15-17-13(3,4)14(5,6)18-15/h7-8,16H,1-6H3. The molecule has 3 nitrogen and oxygen atoms in total. The van der Waals surface area contributed by atoms with Gasteiger partial charge in [0.2, 0.25) is 0 Å². The minimum Gasteiger partial charge on any atom is -0.508 e. The van der Waals surface area contributed by atoms with Gasteiger partial charge in [-0.1, -0.05) is 11.6 Å². The minimum absolute atomic E-state index is 0.283. The van der Waals surface area contributed by atoms with Crippen LogP contribution in [0.4, 0.5) is 0 Å². The lowest BCUT2D eigenvalue weighted by molar-refractivity contribution is 0.00578. The second-order valence-electron chi connectivity index (χ2n) is 6.03. The summed E-state index contributed by atoms with van der Waals surface area (Å²) in [5.74, 6) is 0.283. The van der Waals surface area contributed by atoms with Crippen LogP contribution in [0.5, 0.6) is 5.75 Å². The molecule has 1 aromatic carbocycles. The molecule has 1 heterocycles. The van der Waals surface area contributed by atoms with Gasteiger partial charge < -0.3 is 14.4 Å². The third-order valence-electron chi connectivity index (χ3n) is 4.19. The Morgan fingerprint density at radius 3 is 2.00 bits per heavy atom. The summed E-state index contributed by atoms with van der Waals surface area (Å²) in [4.78, 5) is 0. The van der Waals surface area contributed by atoms with Crippen LogP contribution in [0.3, 0.4) is 0 Å². The number of phenols is 1. The summed E-state index contributed by atoms with van der Waals surface area (Å²) in [6.07, 6.45) is 0. The van der Waals surface area contributed by atoms with Crippen LogP contribution in [-0.2, 0) is 9.31 Å².